The molecule has 2 atom stereocenters. The second-order valence-corrected chi connectivity index (χ2v) is 8.80. The first-order chi connectivity index (χ1) is 15.5. The summed E-state index contributed by atoms with van der Waals surface area (Å²) >= 11 is 6.11. The lowest BCUT2D eigenvalue weighted by molar-refractivity contribution is -0.137. The second-order valence-electron chi connectivity index (χ2n) is 8.46. The zero-order valence-corrected chi connectivity index (χ0v) is 19.0. The molecule has 1 aromatic carbocycles. The van der Waals surface area contributed by atoms with E-state index >= 15 is 0 Å². The van der Waals surface area contributed by atoms with Crippen molar-refractivity contribution in [2.24, 2.45) is 0 Å². The monoisotopic (exact) mass is 483 g/mol. The van der Waals surface area contributed by atoms with E-state index in [2.05, 4.69) is 20.6 Å². The van der Waals surface area contributed by atoms with Gasteiger partial charge < -0.3 is 26.2 Å². The summed E-state index contributed by atoms with van der Waals surface area (Å²) in [7, 11) is 0. The fourth-order valence-electron chi connectivity index (χ4n) is 4.16. The van der Waals surface area contributed by atoms with Crippen molar-refractivity contribution >= 4 is 29.1 Å². The van der Waals surface area contributed by atoms with Crippen molar-refractivity contribution in [3.05, 3.63) is 45.9 Å². The minimum Gasteiger partial charge on any atom is -0.399 e. The van der Waals surface area contributed by atoms with Crippen molar-refractivity contribution in [1.29, 1.82) is 0 Å². The largest absolute Gasteiger partial charge is 0.416 e. The number of nitrogens with two attached hydrogens (primary N) is 1. The Morgan fingerprint density at radius 1 is 1.27 bits per heavy atom. The third kappa shape index (κ3) is 5.09. The average molecular weight is 484 g/mol. The predicted octanol–water partition coefficient (Wildman–Crippen LogP) is 3.63. The smallest absolute Gasteiger partial charge is 0.399 e. The van der Waals surface area contributed by atoms with Crippen LogP contribution >= 0.6 is 11.6 Å². The molecule has 2 aliphatic rings. The lowest BCUT2D eigenvalue weighted by Crippen LogP contribution is -2.54. The molecule has 33 heavy (non-hydrogen) atoms. The van der Waals surface area contributed by atoms with E-state index in [4.69, 9.17) is 17.3 Å². The number of hydrogen-bond donors (Lipinski definition) is 3. The Kier molecular flexibility index (Phi) is 6.28. The maximum Gasteiger partial charge on any atom is 0.416 e. The van der Waals surface area contributed by atoms with Gasteiger partial charge >= 0.3 is 12.2 Å². The van der Waals surface area contributed by atoms with E-state index in [1.54, 1.807) is 16.7 Å². The van der Waals surface area contributed by atoms with Gasteiger partial charge in [-0.25, -0.2) is 14.8 Å². The van der Waals surface area contributed by atoms with E-state index in [1.165, 1.54) is 6.07 Å². The van der Waals surface area contributed by atoms with Gasteiger partial charge in [-0.1, -0.05) is 0 Å². The minimum atomic E-state index is -4.51. The highest BCUT2D eigenvalue weighted by atomic mass is 35.5. The molecule has 2 aliphatic heterocycles. The molecule has 2 amide bonds. The number of carbonyl (C=O) groups excluding carboxylic acids is 1. The Bertz CT molecular complexity index is 1060. The average Bonchev–Trinajstić information content (AvgIpc) is 3.16. The van der Waals surface area contributed by atoms with Crippen LogP contribution in [0.2, 0.25) is 5.28 Å². The van der Waals surface area contributed by atoms with Crippen molar-refractivity contribution < 1.29 is 18.0 Å². The van der Waals surface area contributed by atoms with Crippen LogP contribution in [0.1, 0.15) is 42.3 Å². The summed E-state index contributed by atoms with van der Waals surface area (Å²) in [6, 6.07) is 3.00. The lowest BCUT2D eigenvalue weighted by Gasteiger charge is -2.34. The number of urea groups is 1. The summed E-state index contributed by atoms with van der Waals surface area (Å²) in [4.78, 5) is 25.0. The summed E-state index contributed by atoms with van der Waals surface area (Å²) in [6.07, 6.45) is -4.51. The van der Waals surface area contributed by atoms with Crippen LogP contribution in [0.5, 0.6) is 0 Å². The molecule has 0 saturated carbocycles. The molecule has 1 aromatic heterocycles. The van der Waals surface area contributed by atoms with Gasteiger partial charge in [0.15, 0.2) is 0 Å². The Morgan fingerprint density at radius 2 is 2.03 bits per heavy atom. The fraction of sp³-hybridized carbons (Fsp3) is 0.476. The number of amides is 2. The van der Waals surface area contributed by atoms with Crippen molar-refractivity contribution in [1.82, 2.24) is 25.1 Å². The zero-order valence-electron chi connectivity index (χ0n) is 18.2. The van der Waals surface area contributed by atoms with Gasteiger partial charge in [-0.05, 0) is 49.2 Å². The molecule has 2 aromatic rings. The van der Waals surface area contributed by atoms with Crippen LogP contribution in [0.15, 0.2) is 18.2 Å². The first kappa shape index (κ1) is 23.4. The number of carbonyl (C=O) groups is 1. The van der Waals surface area contributed by atoms with E-state index in [0.717, 1.165) is 18.7 Å². The molecule has 178 valence electrons. The summed E-state index contributed by atoms with van der Waals surface area (Å²) in [5.41, 5.74) is 6.57. The third-order valence-electron chi connectivity index (χ3n) is 5.82. The zero-order chi connectivity index (χ0) is 23.9. The normalized spacial score (nSPS) is 19.4. The number of anilines is 2. The fourth-order valence-corrected chi connectivity index (χ4v) is 4.35. The maximum absolute atomic E-state index is 13.2. The lowest BCUT2D eigenvalue weighted by atomic mass is 10.0. The van der Waals surface area contributed by atoms with Crippen molar-refractivity contribution in [3.8, 4) is 0 Å². The van der Waals surface area contributed by atoms with Crippen LogP contribution in [0.4, 0.5) is 29.5 Å². The summed E-state index contributed by atoms with van der Waals surface area (Å²) in [5, 5.41) is 6.43. The van der Waals surface area contributed by atoms with Crippen LogP contribution < -0.4 is 16.4 Å². The van der Waals surface area contributed by atoms with Crippen LogP contribution in [0.3, 0.4) is 0 Å². The molecule has 4 rings (SSSR count). The minimum absolute atomic E-state index is 0.00269. The maximum atomic E-state index is 13.2. The first-order valence-corrected chi connectivity index (χ1v) is 11.0. The highest BCUT2D eigenvalue weighted by Gasteiger charge is 2.34. The van der Waals surface area contributed by atoms with E-state index < -0.39 is 17.8 Å². The summed E-state index contributed by atoms with van der Waals surface area (Å²) < 4.78 is 39.6. The Balaban J connectivity index is 1.55. The van der Waals surface area contributed by atoms with Gasteiger partial charge in [-0.2, -0.15) is 13.2 Å². The number of rotatable bonds is 3. The molecule has 0 radical (unpaired) electrons. The van der Waals surface area contributed by atoms with Crippen molar-refractivity contribution in [3.63, 3.8) is 0 Å². The van der Waals surface area contributed by atoms with Crippen LogP contribution in [-0.2, 0) is 19.3 Å². The van der Waals surface area contributed by atoms with Gasteiger partial charge in [-0.3, -0.25) is 0 Å². The Labute approximate surface area is 194 Å². The van der Waals surface area contributed by atoms with Gasteiger partial charge in [0.05, 0.1) is 30.4 Å². The van der Waals surface area contributed by atoms with Crippen LogP contribution in [-0.4, -0.2) is 51.5 Å². The number of aromatic nitrogens is 2. The molecule has 0 spiro atoms. The summed E-state index contributed by atoms with van der Waals surface area (Å²) in [5.74, 6) is 0.387. The van der Waals surface area contributed by atoms with E-state index in [-0.39, 0.29) is 36.1 Å². The molecule has 0 bridgehead atoms. The standard InChI is InChI=1S/C21H25ClF3N7O/c1-11-8-31(4-3-27-11)20(33)32-9-16-17(10-32)29-19(22)30-18(16)28-12(2)13-5-14(21(23,24)25)7-15(26)6-13/h5-7,11-12,27H,3-4,8-10,26H2,1-2H3,(H,28,29,30)/t11-,12-/m1/s1. The van der Waals surface area contributed by atoms with Gasteiger partial charge in [0.25, 0.3) is 0 Å². The van der Waals surface area contributed by atoms with Gasteiger partial charge in [0.2, 0.25) is 5.28 Å². The summed E-state index contributed by atoms with van der Waals surface area (Å²) in [6.45, 7) is 6.24. The number of nitrogens with one attached hydrogen (secondary N) is 2. The number of alkyl halides is 3. The van der Waals surface area contributed by atoms with Crippen LogP contribution in [0.25, 0.3) is 0 Å². The SMILES string of the molecule is C[C@@H]1CN(C(=O)N2Cc3nc(Cl)nc(N[C@H](C)c4cc(N)cc(C(F)(F)F)c4)c3C2)CCN1. The molecule has 8 nitrogen and oxygen atoms in total. The molecule has 1 saturated heterocycles. The van der Waals surface area contributed by atoms with E-state index in [1.807, 2.05) is 6.92 Å². The van der Waals surface area contributed by atoms with Crippen molar-refractivity contribution in [2.75, 3.05) is 30.7 Å². The molecule has 4 N–H and O–H groups in total. The molecular formula is C21H25ClF3N7O. The quantitative estimate of drug-likeness (QED) is 0.455. The topological polar surface area (TPSA) is 99.4 Å². The number of benzene rings is 1. The number of fused-ring (bicyclic) bond motifs is 1. The molecule has 0 unspecified atom stereocenters. The van der Waals surface area contributed by atoms with Crippen LogP contribution in [0, 0.1) is 0 Å². The van der Waals surface area contributed by atoms with Crippen molar-refractivity contribution in [2.45, 2.75) is 45.2 Å². The van der Waals surface area contributed by atoms with E-state index in [9.17, 15) is 18.0 Å². The Hall–Kier alpha value is -2.79. The van der Waals surface area contributed by atoms with E-state index in [0.29, 0.717) is 35.7 Å². The number of nitrogen functional groups attached to an aromatic ring is 1. The Morgan fingerprint density at radius 3 is 2.73 bits per heavy atom. The van der Waals surface area contributed by atoms with Gasteiger partial charge in [-0.15, -0.1) is 0 Å². The highest BCUT2D eigenvalue weighted by Crippen LogP contribution is 2.35. The predicted molar refractivity (Wildman–Crippen MR) is 119 cm³/mol. The number of halogens is 4. The molecule has 1 fully saturated rings. The third-order valence-corrected chi connectivity index (χ3v) is 5.99. The van der Waals surface area contributed by atoms with Gasteiger partial charge in [0.1, 0.15) is 5.82 Å². The molecule has 3 heterocycles. The highest BCUT2D eigenvalue weighted by molar-refractivity contribution is 6.28. The van der Waals surface area contributed by atoms with Gasteiger partial charge in [0, 0.05) is 36.9 Å². The molecular weight excluding hydrogens is 459 g/mol. The number of piperazine rings is 1. The second kappa shape index (κ2) is 8.86. The number of hydrogen-bond acceptors (Lipinski definition) is 6. The molecule has 12 heteroatoms. The number of nitrogens with zero attached hydrogens (tertiary/aromatic N) is 4. The molecule has 0 aliphatic carbocycles. The first-order valence-electron chi connectivity index (χ1n) is 10.6.